The molecule has 1 fully saturated rings. The maximum absolute atomic E-state index is 10.5. The summed E-state index contributed by atoms with van der Waals surface area (Å²) in [7, 11) is 0. The predicted molar refractivity (Wildman–Crippen MR) is 76.7 cm³/mol. The van der Waals surface area contributed by atoms with Gasteiger partial charge in [-0.15, -0.1) is 0 Å². The van der Waals surface area contributed by atoms with Crippen LogP contribution in [0.1, 0.15) is 75.8 Å². The molecule has 0 bridgehead atoms. The third-order valence-electron chi connectivity index (χ3n) is 4.38. The average molecular weight is 246 g/mol. The zero-order valence-electron chi connectivity index (χ0n) is 11.8. The highest BCUT2D eigenvalue weighted by Crippen LogP contribution is 2.37. The molecule has 1 unspecified atom stereocenters. The first-order valence-electron chi connectivity index (χ1n) is 7.46. The molecule has 0 spiro atoms. The summed E-state index contributed by atoms with van der Waals surface area (Å²) in [6, 6.07) is 8.68. The summed E-state index contributed by atoms with van der Waals surface area (Å²) in [5.74, 6) is 0.782. The summed E-state index contributed by atoms with van der Waals surface area (Å²) < 4.78 is 0. The highest BCUT2D eigenvalue weighted by Gasteiger charge is 2.24. The van der Waals surface area contributed by atoms with Crippen LogP contribution in [0.4, 0.5) is 0 Å². The molecule has 0 amide bonds. The second kappa shape index (κ2) is 5.88. The maximum atomic E-state index is 10.5. The van der Waals surface area contributed by atoms with Crippen molar-refractivity contribution in [3.8, 4) is 0 Å². The maximum Gasteiger partial charge on any atom is 0.0868 e. The lowest BCUT2D eigenvalue weighted by molar-refractivity contribution is 0.0449. The van der Waals surface area contributed by atoms with Crippen molar-refractivity contribution in [1.82, 2.24) is 0 Å². The first-order valence-corrected chi connectivity index (χ1v) is 7.46. The standard InChI is InChI=1S/C17H26O/c1-3-4-5-13-17(2,18)16-11-9-15(10-12-16)14-7-6-8-14/h9-12,14,18H,3-8,13H2,1-2H3. The molecule has 1 aromatic rings. The molecule has 0 heterocycles. The van der Waals surface area contributed by atoms with Gasteiger partial charge in [0.1, 0.15) is 0 Å². The van der Waals surface area contributed by atoms with E-state index >= 15 is 0 Å². The van der Waals surface area contributed by atoms with E-state index in [1.165, 1.54) is 37.7 Å². The lowest BCUT2D eigenvalue weighted by Crippen LogP contribution is -2.21. The molecular formula is C17H26O. The molecule has 1 heteroatoms. The van der Waals surface area contributed by atoms with Crippen molar-refractivity contribution in [2.45, 2.75) is 70.3 Å². The summed E-state index contributed by atoms with van der Waals surface area (Å²) in [6.07, 6.45) is 8.43. The van der Waals surface area contributed by atoms with Crippen LogP contribution in [0.15, 0.2) is 24.3 Å². The molecule has 1 atom stereocenters. The lowest BCUT2D eigenvalue weighted by atomic mass is 9.79. The largest absolute Gasteiger partial charge is 0.385 e. The van der Waals surface area contributed by atoms with Crippen LogP contribution in [-0.2, 0) is 5.60 Å². The van der Waals surface area contributed by atoms with Gasteiger partial charge >= 0.3 is 0 Å². The number of hydrogen-bond donors (Lipinski definition) is 1. The number of aliphatic hydroxyl groups is 1. The molecule has 1 aromatic carbocycles. The molecule has 1 saturated carbocycles. The molecule has 0 aliphatic heterocycles. The molecule has 0 saturated heterocycles. The minimum atomic E-state index is -0.659. The molecule has 0 aromatic heterocycles. The molecule has 1 aliphatic carbocycles. The average Bonchev–Trinajstić information content (AvgIpc) is 2.28. The Balaban J connectivity index is 1.98. The van der Waals surface area contributed by atoms with E-state index in [1.807, 2.05) is 6.92 Å². The Morgan fingerprint density at radius 1 is 1.17 bits per heavy atom. The lowest BCUT2D eigenvalue weighted by Gasteiger charge is -2.28. The van der Waals surface area contributed by atoms with Gasteiger partial charge in [-0.1, -0.05) is 56.9 Å². The van der Waals surface area contributed by atoms with Gasteiger partial charge in [-0.2, -0.15) is 0 Å². The van der Waals surface area contributed by atoms with Gasteiger partial charge in [0.25, 0.3) is 0 Å². The normalized spacial score (nSPS) is 19.3. The summed E-state index contributed by atoms with van der Waals surface area (Å²) in [4.78, 5) is 0. The Bertz CT molecular complexity index is 360. The molecule has 2 rings (SSSR count). The second-order valence-corrected chi connectivity index (χ2v) is 5.98. The fraction of sp³-hybridized carbons (Fsp3) is 0.647. The highest BCUT2D eigenvalue weighted by atomic mass is 16.3. The Morgan fingerprint density at radius 3 is 2.33 bits per heavy atom. The Hall–Kier alpha value is -0.820. The van der Waals surface area contributed by atoms with E-state index < -0.39 is 5.60 Å². The minimum Gasteiger partial charge on any atom is -0.385 e. The van der Waals surface area contributed by atoms with Gasteiger partial charge in [-0.25, -0.2) is 0 Å². The van der Waals surface area contributed by atoms with Crippen LogP contribution < -0.4 is 0 Å². The van der Waals surface area contributed by atoms with Gasteiger partial charge in [-0.05, 0) is 43.2 Å². The first kappa shape index (κ1) is 13.6. The zero-order chi connectivity index (χ0) is 13.0. The van der Waals surface area contributed by atoms with Gasteiger partial charge in [0.2, 0.25) is 0 Å². The molecule has 0 radical (unpaired) electrons. The second-order valence-electron chi connectivity index (χ2n) is 5.98. The minimum absolute atomic E-state index is 0.659. The molecule has 1 N–H and O–H groups in total. The van der Waals surface area contributed by atoms with E-state index in [4.69, 9.17) is 0 Å². The van der Waals surface area contributed by atoms with E-state index in [1.54, 1.807) is 0 Å². The third-order valence-corrected chi connectivity index (χ3v) is 4.38. The van der Waals surface area contributed by atoms with E-state index in [0.29, 0.717) is 0 Å². The summed E-state index contributed by atoms with van der Waals surface area (Å²) in [6.45, 7) is 4.14. The Labute approximate surface area is 111 Å². The molecule has 18 heavy (non-hydrogen) atoms. The first-order chi connectivity index (χ1) is 8.63. The summed E-state index contributed by atoms with van der Waals surface area (Å²) in [5, 5.41) is 10.5. The van der Waals surface area contributed by atoms with Gasteiger partial charge < -0.3 is 5.11 Å². The topological polar surface area (TPSA) is 20.2 Å². The smallest absolute Gasteiger partial charge is 0.0868 e. The molecule has 100 valence electrons. The van der Waals surface area contributed by atoms with Crippen LogP contribution in [0, 0.1) is 0 Å². The van der Waals surface area contributed by atoms with Crippen LogP contribution in [0.5, 0.6) is 0 Å². The Kier molecular flexibility index (Phi) is 4.45. The number of hydrogen-bond acceptors (Lipinski definition) is 1. The van der Waals surface area contributed by atoms with Crippen molar-refractivity contribution in [3.05, 3.63) is 35.4 Å². The van der Waals surface area contributed by atoms with Crippen LogP contribution in [-0.4, -0.2) is 5.11 Å². The third kappa shape index (κ3) is 3.14. The van der Waals surface area contributed by atoms with Gasteiger partial charge in [0.15, 0.2) is 0 Å². The van der Waals surface area contributed by atoms with Crippen LogP contribution in [0.25, 0.3) is 0 Å². The quantitative estimate of drug-likeness (QED) is 0.719. The van der Waals surface area contributed by atoms with Crippen molar-refractivity contribution in [3.63, 3.8) is 0 Å². The SMILES string of the molecule is CCCCCC(C)(O)c1ccc(C2CCC2)cc1. The highest BCUT2D eigenvalue weighted by molar-refractivity contribution is 5.29. The van der Waals surface area contributed by atoms with Crippen molar-refractivity contribution in [2.75, 3.05) is 0 Å². The fourth-order valence-electron chi connectivity index (χ4n) is 2.72. The van der Waals surface area contributed by atoms with Gasteiger partial charge in [-0.3, -0.25) is 0 Å². The van der Waals surface area contributed by atoms with Crippen LogP contribution in [0.2, 0.25) is 0 Å². The van der Waals surface area contributed by atoms with Gasteiger partial charge in [0.05, 0.1) is 5.60 Å². The van der Waals surface area contributed by atoms with Crippen molar-refractivity contribution in [1.29, 1.82) is 0 Å². The number of unbranched alkanes of at least 4 members (excludes halogenated alkanes) is 2. The number of benzene rings is 1. The van der Waals surface area contributed by atoms with Gasteiger partial charge in [0, 0.05) is 0 Å². The fourth-order valence-corrected chi connectivity index (χ4v) is 2.72. The zero-order valence-corrected chi connectivity index (χ0v) is 11.8. The molecule has 1 aliphatic rings. The van der Waals surface area contributed by atoms with E-state index in [0.717, 1.165) is 24.3 Å². The molecule has 1 nitrogen and oxygen atoms in total. The Morgan fingerprint density at radius 2 is 1.83 bits per heavy atom. The van der Waals surface area contributed by atoms with Crippen LogP contribution >= 0.6 is 0 Å². The van der Waals surface area contributed by atoms with Crippen LogP contribution in [0.3, 0.4) is 0 Å². The van der Waals surface area contributed by atoms with Crippen molar-refractivity contribution < 1.29 is 5.11 Å². The molecular weight excluding hydrogens is 220 g/mol. The van der Waals surface area contributed by atoms with E-state index in [-0.39, 0.29) is 0 Å². The summed E-state index contributed by atoms with van der Waals surface area (Å²) in [5.41, 5.74) is 1.86. The predicted octanol–water partition coefficient (Wildman–Crippen LogP) is 4.74. The van der Waals surface area contributed by atoms with Crippen molar-refractivity contribution >= 4 is 0 Å². The number of rotatable bonds is 6. The van der Waals surface area contributed by atoms with Crippen molar-refractivity contribution in [2.24, 2.45) is 0 Å². The monoisotopic (exact) mass is 246 g/mol. The summed E-state index contributed by atoms with van der Waals surface area (Å²) >= 11 is 0. The van der Waals surface area contributed by atoms with E-state index in [2.05, 4.69) is 31.2 Å². The van der Waals surface area contributed by atoms with E-state index in [9.17, 15) is 5.11 Å².